The molecule has 3 aromatic heterocycles. The Labute approximate surface area is 173 Å². The third-order valence-corrected chi connectivity index (χ3v) is 4.46. The summed E-state index contributed by atoms with van der Waals surface area (Å²) in [7, 11) is 3.94. The van der Waals surface area contributed by atoms with Crippen molar-refractivity contribution in [2.75, 3.05) is 36.2 Å². The first-order valence-corrected chi connectivity index (χ1v) is 9.45. The lowest BCUT2D eigenvalue weighted by atomic mass is 10.2. The molecule has 2 N–H and O–H groups in total. The molecule has 0 unspecified atom stereocenters. The number of aromatic nitrogens is 5. The minimum Gasteiger partial charge on any atom is -0.378 e. The highest BCUT2D eigenvalue weighted by atomic mass is 16.1. The van der Waals surface area contributed by atoms with Crippen LogP contribution in [0.4, 0.5) is 17.2 Å². The molecule has 4 aromatic rings. The largest absolute Gasteiger partial charge is 0.378 e. The van der Waals surface area contributed by atoms with E-state index in [1.54, 1.807) is 16.9 Å². The van der Waals surface area contributed by atoms with Gasteiger partial charge in [0.25, 0.3) is 5.78 Å². The van der Waals surface area contributed by atoms with Crippen LogP contribution in [0.15, 0.2) is 54.9 Å². The number of carbonyl (C=O) groups is 1. The molecule has 0 bridgehead atoms. The van der Waals surface area contributed by atoms with Crippen molar-refractivity contribution in [2.45, 2.75) is 6.92 Å². The van der Waals surface area contributed by atoms with Crippen LogP contribution in [0.5, 0.6) is 0 Å². The fourth-order valence-corrected chi connectivity index (χ4v) is 2.95. The Hall–Kier alpha value is -4.01. The lowest BCUT2D eigenvalue weighted by Gasteiger charge is -2.13. The van der Waals surface area contributed by atoms with Gasteiger partial charge in [-0.1, -0.05) is 0 Å². The number of anilines is 3. The van der Waals surface area contributed by atoms with Crippen molar-refractivity contribution in [2.24, 2.45) is 0 Å². The number of benzene rings is 1. The summed E-state index contributed by atoms with van der Waals surface area (Å²) in [6.45, 7) is 1.95. The minimum absolute atomic E-state index is 0.0794. The molecular weight excluding hydrogens is 380 g/mol. The van der Waals surface area contributed by atoms with Gasteiger partial charge in [0.15, 0.2) is 5.82 Å². The van der Waals surface area contributed by atoms with Crippen molar-refractivity contribution < 1.29 is 4.79 Å². The number of aryl methyl sites for hydroxylation is 1. The van der Waals surface area contributed by atoms with Gasteiger partial charge in [-0.2, -0.15) is 9.50 Å². The van der Waals surface area contributed by atoms with Gasteiger partial charge in [-0.25, -0.2) is 4.98 Å². The number of fused-ring (bicyclic) bond motifs is 1. The topological polar surface area (TPSA) is 100 Å². The first-order chi connectivity index (χ1) is 14.5. The highest BCUT2D eigenvalue weighted by Gasteiger charge is 2.12. The van der Waals surface area contributed by atoms with Crippen molar-refractivity contribution in [1.29, 1.82) is 0 Å². The van der Waals surface area contributed by atoms with Crippen LogP contribution in [0, 0.1) is 6.92 Å². The van der Waals surface area contributed by atoms with Crippen molar-refractivity contribution in [3.63, 3.8) is 0 Å². The number of nitrogens with zero attached hydrogens (tertiary/aromatic N) is 6. The quantitative estimate of drug-likeness (QED) is 0.511. The van der Waals surface area contributed by atoms with E-state index in [2.05, 4.69) is 30.7 Å². The van der Waals surface area contributed by atoms with Gasteiger partial charge in [0, 0.05) is 55.2 Å². The second-order valence-electron chi connectivity index (χ2n) is 7.01. The van der Waals surface area contributed by atoms with E-state index in [1.165, 1.54) is 0 Å². The molecule has 0 atom stereocenters. The maximum Gasteiger partial charge on any atom is 0.254 e. The number of rotatable bonds is 6. The Morgan fingerprint density at radius 2 is 1.93 bits per heavy atom. The average molecular weight is 402 g/mol. The van der Waals surface area contributed by atoms with E-state index in [-0.39, 0.29) is 12.5 Å². The van der Waals surface area contributed by atoms with Gasteiger partial charge in [-0.15, -0.1) is 5.10 Å². The van der Waals surface area contributed by atoms with Crippen LogP contribution in [0.1, 0.15) is 5.69 Å². The lowest BCUT2D eigenvalue weighted by molar-refractivity contribution is -0.114. The van der Waals surface area contributed by atoms with Gasteiger partial charge in [-0.3, -0.25) is 9.78 Å². The lowest BCUT2D eigenvalue weighted by Crippen LogP contribution is -2.23. The summed E-state index contributed by atoms with van der Waals surface area (Å²) >= 11 is 0. The number of nitrogens with one attached hydrogen (secondary N) is 2. The molecule has 0 aliphatic carbocycles. The molecule has 0 fully saturated rings. The summed E-state index contributed by atoms with van der Waals surface area (Å²) in [4.78, 5) is 27.4. The number of amides is 1. The summed E-state index contributed by atoms with van der Waals surface area (Å²) in [6, 6.07) is 13.2. The number of pyridine rings is 1. The fraction of sp³-hybridized carbons (Fsp3) is 0.190. The summed E-state index contributed by atoms with van der Waals surface area (Å²) < 4.78 is 1.59. The summed E-state index contributed by atoms with van der Waals surface area (Å²) in [5, 5.41) is 10.5. The standard InChI is InChI=1S/C21H22N8O/c1-14-11-18(23-13-19(30)25-16-6-8-17(9-7-16)28(2)3)29-21(24-14)26-20(27-29)15-5-4-10-22-12-15/h4-12,23H,13H2,1-3H3,(H,25,30). The van der Waals surface area contributed by atoms with E-state index in [0.29, 0.717) is 17.4 Å². The molecule has 0 saturated carbocycles. The zero-order valence-corrected chi connectivity index (χ0v) is 17.0. The Kier molecular flexibility index (Phi) is 5.25. The average Bonchev–Trinajstić information content (AvgIpc) is 3.17. The number of carbonyl (C=O) groups excluding carboxylic acids is 1. The predicted octanol–water partition coefficient (Wildman–Crippen LogP) is 2.61. The molecule has 1 amide bonds. The zero-order valence-electron chi connectivity index (χ0n) is 17.0. The Balaban J connectivity index is 1.49. The second kappa shape index (κ2) is 8.16. The summed E-state index contributed by atoms with van der Waals surface area (Å²) in [5.41, 5.74) is 3.37. The van der Waals surface area contributed by atoms with E-state index in [1.807, 2.05) is 68.4 Å². The van der Waals surface area contributed by atoms with Crippen LogP contribution in [0.3, 0.4) is 0 Å². The van der Waals surface area contributed by atoms with E-state index < -0.39 is 0 Å². The molecule has 0 radical (unpaired) electrons. The Morgan fingerprint density at radius 3 is 2.63 bits per heavy atom. The van der Waals surface area contributed by atoms with E-state index in [9.17, 15) is 4.79 Å². The van der Waals surface area contributed by atoms with Crippen molar-refractivity contribution in [3.05, 3.63) is 60.6 Å². The van der Waals surface area contributed by atoms with E-state index in [0.717, 1.165) is 22.6 Å². The second-order valence-corrected chi connectivity index (χ2v) is 7.01. The molecular formula is C21H22N8O. The third-order valence-electron chi connectivity index (χ3n) is 4.46. The van der Waals surface area contributed by atoms with Gasteiger partial charge in [0.2, 0.25) is 5.91 Å². The predicted molar refractivity (Wildman–Crippen MR) is 117 cm³/mol. The summed E-state index contributed by atoms with van der Waals surface area (Å²) in [5.74, 6) is 1.45. The number of hydrogen-bond acceptors (Lipinski definition) is 7. The molecule has 9 nitrogen and oxygen atoms in total. The molecule has 1 aromatic carbocycles. The molecule has 4 rings (SSSR count). The smallest absolute Gasteiger partial charge is 0.254 e. The normalized spacial score (nSPS) is 10.8. The summed E-state index contributed by atoms with van der Waals surface area (Å²) in [6.07, 6.45) is 3.39. The van der Waals surface area contributed by atoms with Crippen LogP contribution >= 0.6 is 0 Å². The van der Waals surface area contributed by atoms with Crippen molar-refractivity contribution in [3.8, 4) is 11.4 Å². The molecule has 30 heavy (non-hydrogen) atoms. The van der Waals surface area contributed by atoms with Crippen LogP contribution < -0.4 is 15.5 Å². The first-order valence-electron chi connectivity index (χ1n) is 9.45. The highest BCUT2D eigenvalue weighted by molar-refractivity contribution is 5.93. The molecule has 3 heterocycles. The zero-order chi connectivity index (χ0) is 21.1. The molecule has 0 spiro atoms. The van der Waals surface area contributed by atoms with E-state index >= 15 is 0 Å². The third kappa shape index (κ3) is 4.19. The van der Waals surface area contributed by atoms with Gasteiger partial charge in [-0.05, 0) is 43.3 Å². The van der Waals surface area contributed by atoms with Crippen LogP contribution in [0.25, 0.3) is 17.2 Å². The molecule has 0 aliphatic rings. The van der Waals surface area contributed by atoms with Gasteiger partial charge >= 0.3 is 0 Å². The minimum atomic E-state index is -0.164. The molecule has 9 heteroatoms. The SMILES string of the molecule is Cc1cc(NCC(=O)Nc2ccc(N(C)C)cc2)n2nc(-c3cccnc3)nc2n1. The molecule has 152 valence electrons. The van der Waals surface area contributed by atoms with Crippen LogP contribution in [-0.4, -0.2) is 51.1 Å². The Bertz CT molecular complexity index is 1170. The van der Waals surface area contributed by atoms with Crippen molar-refractivity contribution in [1.82, 2.24) is 24.6 Å². The highest BCUT2D eigenvalue weighted by Crippen LogP contribution is 2.18. The number of hydrogen-bond donors (Lipinski definition) is 2. The molecule has 0 saturated heterocycles. The monoisotopic (exact) mass is 402 g/mol. The molecule has 0 aliphatic heterocycles. The van der Waals surface area contributed by atoms with Crippen molar-refractivity contribution >= 4 is 28.9 Å². The van der Waals surface area contributed by atoms with Gasteiger partial charge in [0.05, 0.1) is 6.54 Å². The van der Waals surface area contributed by atoms with Gasteiger partial charge in [0.1, 0.15) is 5.82 Å². The maximum atomic E-state index is 12.4. The van der Waals surface area contributed by atoms with Crippen LogP contribution in [-0.2, 0) is 4.79 Å². The van der Waals surface area contributed by atoms with E-state index in [4.69, 9.17) is 0 Å². The Morgan fingerprint density at radius 1 is 1.13 bits per heavy atom. The maximum absolute atomic E-state index is 12.4. The van der Waals surface area contributed by atoms with Gasteiger partial charge < -0.3 is 15.5 Å². The van der Waals surface area contributed by atoms with Crippen LogP contribution in [0.2, 0.25) is 0 Å². The first kappa shape index (κ1) is 19.3. The fourth-order valence-electron chi connectivity index (χ4n) is 2.95.